The van der Waals surface area contributed by atoms with Crippen LogP contribution in [0.25, 0.3) is 6.08 Å². The van der Waals surface area contributed by atoms with Crippen molar-refractivity contribution in [3.8, 4) is 11.5 Å². The van der Waals surface area contributed by atoms with Crippen molar-refractivity contribution in [1.29, 1.82) is 0 Å². The molecule has 0 fully saturated rings. The summed E-state index contributed by atoms with van der Waals surface area (Å²) in [5, 5.41) is 12.2. The Labute approximate surface area is 178 Å². The van der Waals surface area contributed by atoms with Crippen LogP contribution in [0.2, 0.25) is 5.02 Å². The lowest BCUT2D eigenvalue weighted by atomic mass is 9.94. The predicted octanol–water partition coefficient (Wildman–Crippen LogP) is 4.30. The molecule has 0 atom stereocenters. The molecule has 0 spiro atoms. The lowest BCUT2D eigenvalue weighted by molar-refractivity contribution is -0.132. The number of anilines is 1. The highest BCUT2D eigenvalue weighted by Crippen LogP contribution is 2.41. The van der Waals surface area contributed by atoms with Gasteiger partial charge in [-0.25, -0.2) is 4.79 Å². The lowest BCUT2D eigenvalue weighted by Gasteiger charge is -2.24. The summed E-state index contributed by atoms with van der Waals surface area (Å²) >= 11 is 5.94. The van der Waals surface area contributed by atoms with Gasteiger partial charge in [0.05, 0.1) is 16.8 Å². The van der Waals surface area contributed by atoms with Crippen LogP contribution in [0.4, 0.5) is 5.69 Å². The first-order chi connectivity index (χ1) is 14.1. The number of carboxylic acid groups (broad SMARTS) is 1. The van der Waals surface area contributed by atoms with Gasteiger partial charge >= 0.3 is 11.9 Å². The number of rotatable bonds is 4. The lowest BCUT2D eigenvalue weighted by Crippen LogP contribution is -2.23. The second-order valence-electron chi connectivity index (χ2n) is 6.95. The van der Waals surface area contributed by atoms with E-state index in [9.17, 15) is 19.5 Å². The zero-order chi connectivity index (χ0) is 22.2. The zero-order valence-electron chi connectivity index (χ0n) is 16.9. The van der Waals surface area contributed by atoms with Gasteiger partial charge in [0.2, 0.25) is 0 Å². The first kappa shape index (κ1) is 21.4. The van der Waals surface area contributed by atoms with E-state index in [1.54, 1.807) is 13.0 Å². The molecule has 1 amide bonds. The molecule has 0 bridgehead atoms. The van der Waals surface area contributed by atoms with E-state index in [-0.39, 0.29) is 17.9 Å². The fourth-order valence-electron chi connectivity index (χ4n) is 3.28. The summed E-state index contributed by atoms with van der Waals surface area (Å²) < 4.78 is 11.2. The average Bonchev–Trinajstić information content (AvgIpc) is 2.68. The number of nitrogens with one attached hydrogen (secondary N) is 1. The fourth-order valence-corrected chi connectivity index (χ4v) is 3.45. The molecule has 0 aromatic heterocycles. The van der Waals surface area contributed by atoms with Crippen LogP contribution in [0, 0.1) is 20.8 Å². The predicted molar refractivity (Wildman–Crippen MR) is 112 cm³/mol. The van der Waals surface area contributed by atoms with Gasteiger partial charge in [-0.1, -0.05) is 11.6 Å². The maximum absolute atomic E-state index is 12.8. The monoisotopic (exact) mass is 429 g/mol. The third-order valence-corrected chi connectivity index (χ3v) is 5.16. The van der Waals surface area contributed by atoms with Crippen LogP contribution in [0.15, 0.2) is 23.8 Å². The standard InChI is InChI=1S/C22H20ClNO6/c1-10-11(2)20-17(12(3)19(10)30-13(4)25)7-14(9-29-20)21(26)24-18-8-15(23)5-6-16(18)22(27)28/h5-8H,9H2,1-4H3,(H,24,26)(H,27,28). The molecular formula is C22H20ClNO6. The number of carbonyl (C=O) groups excluding carboxylic acids is 2. The van der Waals surface area contributed by atoms with Crippen molar-refractivity contribution in [2.24, 2.45) is 0 Å². The van der Waals surface area contributed by atoms with E-state index < -0.39 is 17.8 Å². The average molecular weight is 430 g/mol. The normalized spacial score (nSPS) is 12.4. The first-order valence-corrected chi connectivity index (χ1v) is 9.47. The van der Waals surface area contributed by atoms with Crippen molar-refractivity contribution in [1.82, 2.24) is 0 Å². The minimum Gasteiger partial charge on any atom is -0.488 e. The molecule has 0 saturated carbocycles. The summed E-state index contributed by atoms with van der Waals surface area (Å²) in [5.41, 5.74) is 3.20. The van der Waals surface area contributed by atoms with Crippen LogP contribution in [0.5, 0.6) is 11.5 Å². The van der Waals surface area contributed by atoms with Crippen LogP contribution < -0.4 is 14.8 Å². The number of hydrogen-bond acceptors (Lipinski definition) is 5. The smallest absolute Gasteiger partial charge is 0.337 e. The van der Waals surface area contributed by atoms with E-state index in [1.165, 1.54) is 25.1 Å². The van der Waals surface area contributed by atoms with Crippen molar-refractivity contribution in [2.75, 3.05) is 11.9 Å². The van der Waals surface area contributed by atoms with E-state index in [2.05, 4.69) is 5.32 Å². The second kappa shape index (κ2) is 8.20. The number of amides is 1. The Morgan fingerprint density at radius 3 is 2.47 bits per heavy atom. The molecule has 1 aliphatic heterocycles. The molecule has 0 radical (unpaired) electrons. The number of fused-ring (bicyclic) bond motifs is 1. The molecule has 156 valence electrons. The van der Waals surface area contributed by atoms with Gasteiger partial charge in [-0.15, -0.1) is 0 Å². The molecule has 1 heterocycles. The first-order valence-electron chi connectivity index (χ1n) is 9.09. The van der Waals surface area contributed by atoms with Crippen LogP contribution in [0.1, 0.15) is 39.5 Å². The van der Waals surface area contributed by atoms with Gasteiger partial charge in [0.15, 0.2) is 0 Å². The Hall–Kier alpha value is -3.32. The highest BCUT2D eigenvalue weighted by molar-refractivity contribution is 6.31. The third kappa shape index (κ3) is 4.02. The molecular weight excluding hydrogens is 410 g/mol. The number of halogens is 1. The van der Waals surface area contributed by atoms with Crippen molar-refractivity contribution >= 4 is 41.2 Å². The zero-order valence-corrected chi connectivity index (χ0v) is 17.6. The largest absolute Gasteiger partial charge is 0.488 e. The SMILES string of the molecule is CC(=O)Oc1c(C)c(C)c2c(c1C)C=C(C(=O)Nc1cc(Cl)ccc1C(=O)O)CO2. The molecule has 30 heavy (non-hydrogen) atoms. The van der Waals surface area contributed by atoms with Crippen molar-refractivity contribution in [3.63, 3.8) is 0 Å². The third-order valence-electron chi connectivity index (χ3n) is 4.92. The topological polar surface area (TPSA) is 102 Å². The Bertz CT molecular complexity index is 1120. The number of esters is 1. The van der Waals surface area contributed by atoms with Crippen LogP contribution >= 0.6 is 11.6 Å². The van der Waals surface area contributed by atoms with Gasteiger partial charge < -0.3 is 19.9 Å². The summed E-state index contributed by atoms with van der Waals surface area (Å²) in [6.07, 6.45) is 1.66. The molecule has 8 heteroatoms. The molecule has 2 aromatic rings. The van der Waals surface area contributed by atoms with Gasteiger partial charge in [-0.2, -0.15) is 0 Å². The number of ether oxygens (including phenoxy) is 2. The number of carbonyl (C=O) groups is 3. The van der Waals surface area contributed by atoms with E-state index in [0.29, 0.717) is 33.2 Å². The Morgan fingerprint density at radius 1 is 1.13 bits per heavy atom. The van der Waals surface area contributed by atoms with Crippen LogP contribution in [-0.2, 0) is 9.59 Å². The van der Waals surface area contributed by atoms with Gasteiger partial charge in [0.25, 0.3) is 5.91 Å². The van der Waals surface area contributed by atoms with Gasteiger partial charge in [-0.3, -0.25) is 9.59 Å². The molecule has 0 saturated heterocycles. The minimum atomic E-state index is -1.19. The summed E-state index contributed by atoms with van der Waals surface area (Å²) in [4.78, 5) is 35.7. The number of aromatic carboxylic acids is 1. The van der Waals surface area contributed by atoms with Gasteiger partial charge in [-0.05, 0) is 56.2 Å². The summed E-state index contributed by atoms with van der Waals surface area (Å²) in [6.45, 7) is 6.80. The molecule has 0 unspecified atom stereocenters. The van der Waals surface area contributed by atoms with E-state index in [1.807, 2.05) is 13.8 Å². The van der Waals surface area contributed by atoms with E-state index >= 15 is 0 Å². The van der Waals surface area contributed by atoms with Crippen molar-refractivity contribution in [3.05, 3.63) is 56.6 Å². The summed E-state index contributed by atoms with van der Waals surface area (Å²) in [5.74, 6) is -1.10. The Balaban J connectivity index is 2.01. The maximum atomic E-state index is 12.8. The minimum absolute atomic E-state index is 0.00837. The van der Waals surface area contributed by atoms with Gasteiger partial charge in [0, 0.05) is 23.1 Å². The Morgan fingerprint density at radius 2 is 1.83 bits per heavy atom. The van der Waals surface area contributed by atoms with Crippen LogP contribution in [0.3, 0.4) is 0 Å². The number of benzene rings is 2. The summed E-state index contributed by atoms with van der Waals surface area (Å²) in [6, 6.07) is 4.13. The molecule has 3 rings (SSSR count). The Kier molecular flexibility index (Phi) is 5.85. The summed E-state index contributed by atoms with van der Waals surface area (Å²) in [7, 11) is 0. The second-order valence-corrected chi connectivity index (χ2v) is 7.38. The van der Waals surface area contributed by atoms with Crippen LogP contribution in [-0.4, -0.2) is 29.6 Å². The fraction of sp³-hybridized carbons (Fsp3) is 0.227. The van der Waals surface area contributed by atoms with Crippen molar-refractivity contribution in [2.45, 2.75) is 27.7 Å². The quantitative estimate of drug-likeness (QED) is 0.554. The molecule has 2 aromatic carbocycles. The van der Waals surface area contributed by atoms with E-state index in [0.717, 1.165) is 11.1 Å². The highest BCUT2D eigenvalue weighted by Gasteiger charge is 2.25. The number of hydrogen-bond donors (Lipinski definition) is 2. The number of carboxylic acids is 1. The van der Waals surface area contributed by atoms with Crippen molar-refractivity contribution < 1.29 is 29.0 Å². The maximum Gasteiger partial charge on any atom is 0.337 e. The molecule has 0 aliphatic carbocycles. The van der Waals surface area contributed by atoms with E-state index in [4.69, 9.17) is 21.1 Å². The highest BCUT2D eigenvalue weighted by atomic mass is 35.5. The molecule has 1 aliphatic rings. The molecule has 2 N–H and O–H groups in total. The molecule has 7 nitrogen and oxygen atoms in total. The van der Waals surface area contributed by atoms with Gasteiger partial charge in [0.1, 0.15) is 18.1 Å².